The summed E-state index contributed by atoms with van der Waals surface area (Å²) in [5, 5.41) is 14.4. The van der Waals surface area contributed by atoms with Crippen LogP contribution in [0.3, 0.4) is 0 Å². The zero-order valence-corrected chi connectivity index (χ0v) is 12.8. The molecule has 1 heterocycles. The molecule has 1 N–H and O–H groups in total. The quantitative estimate of drug-likeness (QED) is 0.668. The fraction of sp³-hybridized carbons (Fsp3) is 0.500. The third-order valence-electron chi connectivity index (χ3n) is 3.31. The Bertz CT molecular complexity index is 530. The van der Waals surface area contributed by atoms with Crippen molar-refractivity contribution in [2.45, 2.75) is 13.3 Å². The van der Waals surface area contributed by atoms with Crippen LogP contribution in [0.25, 0.3) is 0 Å². The predicted molar refractivity (Wildman–Crippen MR) is 85.1 cm³/mol. The van der Waals surface area contributed by atoms with Gasteiger partial charge >= 0.3 is 5.69 Å². The first-order valence-corrected chi connectivity index (χ1v) is 8.19. The van der Waals surface area contributed by atoms with Crippen LogP contribution < -0.4 is 5.32 Å². The first-order chi connectivity index (χ1) is 10.1. The first-order valence-electron chi connectivity index (χ1n) is 7.03. The second-order valence-corrected chi connectivity index (χ2v) is 6.01. The van der Waals surface area contributed by atoms with Gasteiger partial charge in [-0.1, -0.05) is 13.0 Å². The molecule has 1 saturated heterocycles. The average Bonchev–Trinajstić information content (AvgIpc) is 2.52. The summed E-state index contributed by atoms with van der Waals surface area (Å²) in [6.07, 6.45) is 0.860. The van der Waals surface area contributed by atoms with Crippen LogP contribution >= 0.6 is 11.8 Å². The van der Waals surface area contributed by atoms with Crippen LogP contribution in [-0.4, -0.2) is 46.9 Å². The topological polar surface area (TPSA) is 75.5 Å². The molecule has 0 bridgehead atoms. The Labute approximate surface area is 128 Å². The number of carbonyl (C=O) groups excluding carboxylic acids is 1. The van der Waals surface area contributed by atoms with E-state index in [0.717, 1.165) is 17.9 Å². The van der Waals surface area contributed by atoms with Crippen molar-refractivity contribution >= 4 is 29.0 Å². The molecule has 0 saturated carbocycles. The van der Waals surface area contributed by atoms with Crippen LogP contribution in [0.5, 0.6) is 0 Å². The van der Waals surface area contributed by atoms with Gasteiger partial charge < -0.3 is 10.2 Å². The molecule has 0 spiro atoms. The number of para-hydroxylation sites is 1. The van der Waals surface area contributed by atoms with Gasteiger partial charge in [-0.3, -0.25) is 14.9 Å². The molecular weight excluding hydrogens is 290 g/mol. The zero-order valence-electron chi connectivity index (χ0n) is 12.0. The first kappa shape index (κ1) is 15.6. The van der Waals surface area contributed by atoms with Gasteiger partial charge in [0.15, 0.2) is 0 Å². The third-order valence-corrected chi connectivity index (χ3v) is 4.26. The minimum atomic E-state index is -0.468. The number of nitro benzene ring substituents is 1. The van der Waals surface area contributed by atoms with Gasteiger partial charge in [0.1, 0.15) is 11.3 Å². The maximum atomic E-state index is 12.5. The Kier molecular flexibility index (Phi) is 5.44. The van der Waals surface area contributed by atoms with E-state index in [1.807, 2.05) is 6.92 Å². The van der Waals surface area contributed by atoms with Crippen LogP contribution in [0.4, 0.5) is 11.4 Å². The molecule has 1 aliphatic rings. The number of nitrogens with zero attached hydrogens (tertiary/aromatic N) is 2. The molecule has 1 fully saturated rings. The number of amides is 1. The predicted octanol–water partition coefficient (Wildman–Crippen LogP) is 2.61. The number of hydrogen-bond donors (Lipinski definition) is 1. The molecule has 114 valence electrons. The van der Waals surface area contributed by atoms with Crippen molar-refractivity contribution in [3.8, 4) is 0 Å². The molecule has 2 rings (SSSR count). The molecular formula is C14H19N3O3S. The van der Waals surface area contributed by atoms with Gasteiger partial charge in [0.2, 0.25) is 0 Å². The Balaban J connectivity index is 2.32. The highest BCUT2D eigenvalue weighted by Crippen LogP contribution is 2.30. The maximum absolute atomic E-state index is 12.5. The van der Waals surface area contributed by atoms with Gasteiger partial charge in [0.05, 0.1) is 4.92 Å². The zero-order chi connectivity index (χ0) is 15.2. The molecule has 6 nitrogen and oxygen atoms in total. The standard InChI is InChI=1S/C14H19N3O3S/c1-2-6-15-12-5-3-4-11(13(12)17(19)20)14(18)16-7-9-21-10-8-16/h3-5,15H,2,6-10H2,1H3. The van der Waals surface area contributed by atoms with E-state index in [4.69, 9.17) is 0 Å². The number of hydrogen-bond acceptors (Lipinski definition) is 5. The summed E-state index contributed by atoms with van der Waals surface area (Å²) in [4.78, 5) is 25.1. The van der Waals surface area contributed by atoms with Crippen LogP contribution in [0.1, 0.15) is 23.7 Å². The summed E-state index contributed by atoms with van der Waals surface area (Å²) < 4.78 is 0. The van der Waals surface area contributed by atoms with Crippen LogP contribution in [0.2, 0.25) is 0 Å². The monoisotopic (exact) mass is 309 g/mol. The lowest BCUT2D eigenvalue weighted by Gasteiger charge is -2.26. The molecule has 0 unspecified atom stereocenters. The van der Waals surface area contributed by atoms with Gasteiger partial charge in [0, 0.05) is 31.1 Å². The van der Waals surface area contributed by atoms with E-state index in [2.05, 4.69) is 5.32 Å². The van der Waals surface area contributed by atoms with Crippen molar-refractivity contribution in [1.29, 1.82) is 0 Å². The third kappa shape index (κ3) is 3.66. The fourth-order valence-corrected chi connectivity index (χ4v) is 3.15. The Morgan fingerprint density at radius 2 is 2.14 bits per heavy atom. The Morgan fingerprint density at radius 1 is 1.43 bits per heavy atom. The molecule has 0 atom stereocenters. The summed E-state index contributed by atoms with van der Waals surface area (Å²) in [6, 6.07) is 4.88. The van der Waals surface area contributed by atoms with Crippen molar-refractivity contribution < 1.29 is 9.72 Å². The lowest BCUT2D eigenvalue weighted by Crippen LogP contribution is -2.38. The number of rotatable bonds is 5. The van der Waals surface area contributed by atoms with Gasteiger partial charge in [0.25, 0.3) is 5.91 Å². The minimum Gasteiger partial charge on any atom is -0.379 e. The summed E-state index contributed by atoms with van der Waals surface area (Å²) in [5.74, 6) is 1.52. The van der Waals surface area contributed by atoms with E-state index in [0.29, 0.717) is 25.3 Å². The number of nitro groups is 1. The van der Waals surface area contributed by atoms with E-state index in [1.165, 1.54) is 0 Å². The number of anilines is 1. The second kappa shape index (κ2) is 7.31. The second-order valence-electron chi connectivity index (χ2n) is 4.79. The Morgan fingerprint density at radius 3 is 2.76 bits per heavy atom. The number of benzene rings is 1. The van der Waals surface area contributed by atoms with E-state index in [-0.39, 0.29) is 17.2 Å². The largest absolute Gasteiger partial charge is 0.379 e. The summed E-state index contributed by atoms with van der Waals surface area (Å²) in [7, 11) is 0. The van der Waals surface area contributed by atoms with Gasteiger partial charge in [-0.2, -0.15) is 11.8 Å². The average molecular weight is 309 g/mol. The lowest BCUT2D eigenvalue weighted by atomic mass is 10.1. The van der Waals surface area contributed by atoms with E-state index >= 15 is 0 Å². The van der Waals surface area contributed by atoms with Crippen molar-refractivity contribution in [3.05, 3.63) is 33.9 Å². The van der Waals surface area contributed by atoms with E-state index < -0.39 is 4.92 Å². The van der Waals surface area contributed by atoms with Crippen LogP contribution in [0, 0.1) is 10.1 Å². The highest BCUT2D eigenvalue weighted by molar-refractivity contribution is 7.99. The van der Waals surface area contributed by atoms with E-state index in [1.54, 1.807) is 34.9 Å². The van der Waals surface area contributed by atoms with Crippen LogP contribution in [0.15, 0.2) is 18.2 Å². The molecule has 0 aliphatic carbocycles. The van der Waals surface area contributed by atoms with Crippen LogP contribution in [-0.2, 0) is 0 Å². The summed E-state index contributed by atoms with van der Waals surface area (Å²) in [5.41, 5.74) is 0.473. The minimum absolute atomic E-state index is 0.117. The van der Waals surface area contributed by atoms with E-state index in [9.17, 15) is 14.9 Å². The molecule has 0 radical (unpaired) electrons. The van der Waals surface area contributed by atoms with Crippen molar-refractivity contribution in [2.24, 2.45) is 0 Å². The lowest BCUT2D eigenvalue weighted by molar-refractivity contribution is -0.384. The highest BCUT2D eigenvalue weighted by Gasteiger charge is 2.28. The molecule has 21 heavy (non-hydrogen) atoms. The number of nitrogens with one attached hydrogen (secondary N) is 1. The van der Waals surface area contributed by atoms with Crippen molar-refractivity contribution in [2.75, 3.05) is 36.5 Å². The van der Waals surface area contributed by atoms with Crippen molar-refractivity contribution in [3.63, 3.8) is 0 Å². The summed E-state index contributed by atoms with van der Waals surface area (Å²) in [6.45, 7) is 3.92. The molecule has 1 aromatic rings. The summed E-state index contributed by atoms with van der Waals surface area (Å²) >= 11 is 1.80. The number of carbonyl (C=O) groups is 1. The fourth-order valence-electron chi connectivity index (χ4n) is 2.25. The Hall–Kier alpha value is -1.76. The molecule has 1 aromatic carbocycles. The maximum Gasteiger partial charge on any atom is 0.305 e. The molecule has 1 amide bonds. The van der Waals surface area contributed by atoms with Gasteiger partial charge in [-0.15, -0.1) is 0 Å². The SMILES string of the molecule is CCCNc1cccc(C(=O)N2CCSCC2)c1[N+](=O)[O-]. The molecule has 0 aromatic heterocycles. The van der Waals surface area contributed by atoms with Gasteiger partial charge in [-0.25, -0.2) is 0 Å². The number of thioether (sulfide) groups is 1. The van der Waals surface area contributed by atoms with Gasteiger partial charge in [-0.05, 0) is 18.6 Å². The smallest absolute Gasteiger partial charge is 0.305 e. The highest BCUT2D eigenvalue weighted by atomic mass is 32.2. The normalized spacial score (nSPS) is 14.8. The molecule has 7 heteroatoms. The van der Waals surface area contributed by atoms with Crippen molar-refractivity contribution in [1.82, 2.24) is 4.90 Å². The molecule has 1 aliphatic heterocycles.